The summed E-state index contributed by atoms with van der Waals surface area (Å²) in [6.45, 7) is 1.86. The van der Waals surface area contributed by atoms with Gasteiger partial charge in [-0.25, -0.2) is 15.0 Å². The minimum atomic E-state index is 0.894. The fraction of sp³-hybridized carbons (Fsp3) is 0.300. The Morgan fingerprint density at radius 2 is 2.31 bits per heavy atom. The largest absolute Gasteiger partial charge is 0.369 e. The molecule has 0 aromatic carbocycles. The van der Waals surface area contributed by atoms with Crippen LogP contribution in [0, 0.1) is 3.57 Å². The molecular weight excluding hydrogens is 317 g/mol. The number of aromatic nitrogens is 4. The molecule has 2 heterocycles. The van der Waals surface area contributed by atoms with Crippen molar-refractivity contribution in [2.45, 2.75) is 13.0 Å². The highest BCUT2D eigenvalue weighted by Crippen LogP contribution is 2.11. The maximum Gasteiger partial charge on any atom is 0.142 e. The van der Waals surface area contributed by atoms with Crippen LogP contribution in [0.15, 0.2) is 31.2 Å². The van der Waals surface area contributed by atoms with Crippen LogP contribution >= 0.6 is 22.6 Å². The maximum atomic E-state index is 4.16. The third-order valence-electron chi connectivity index (χ3n) is 2.11. The van der Waals surface area contributed by atoms with Crippen molar-refractivity contribution in [2.75, 3.05) is 11.9 Å². The summed E-state index contributed by atoms with van der Waals surface area (Å²) in [5.41, 5.74) is 0. The molecule has 0 atom stereocenters. The average Bonchev–Trinajstić information content (AvgIpc) is 2.79. The summed E-state index contributed by atoms with van der Waals surface area (Å²) >= 11 is 2.22. The number of hydrogen-bond donors (Lipinski definition) is 1. The quantitative estimate of drug-likeness (QED) is 0.671. The van der Waals surface area contributed by atoms with Gasteiger partial charge < -0.3 is 9.88 Å². The lowest BCUT2D eigenvalue weighted by molar-refractivity contribution is 0.660. The van der Waals surface area contributed by atoms with Crippen molar-refractivity contribution in [3.05, 3.63) is 34.8 Å². The molecule has 0 radical (unpaired) electrons. The number of nitrogens with zero attached hydrogens (tertiary/aromatic N) is 4. The summed E-state index contributed by atoms with van der Waals surface area (Å²) in [4.78, 5) is 12.1. The molecular formula is C10H12IN5. The fourth-order valence-electron chi connectivity index (χ4n) is 1.33. The van der Waals surface area contributed by atoms with Crippen molar-refractivity contribution in [2.24, 2.45) is 0 Å². The predicted molar refractivity (Wildman–Crippen MR) is 70.1 cm³/mol. The summed E-state index contributed by atoms with van der Waals surface area (Å²) in [6, 6.07) is 0. The van der Waals surface area contributed by atoms with Crippen LogP contribution in [0.5, 0.6) is 0 Å². The van der Waals surface area contributed by atoms with Gasteiger partial charge in [0.1, 0.15) is 12.1 Å². The number of anilines is 1. The Labute approximate surface area is 107 Å². The fourth-order valence-corrected chi connectivity index (χ4v) is 1.82. The molecule has 0 aliphatic heterocycles. The van der Waals surface area contributed by atoms with Gasteiger partial charge in [0.15, 0.2) is 0 Å². The zero-order chi connectivity index (χ0) is 11.2. The van der Waals surface area contributed by atoms with E-state index in [1.165, 1.54) is 0 Å². The minimum absolute atomic E-state index is 0.894. The first-order valence-corrected chi connectivity index (χ1v) is 6.09. The Balaban J connectivity index is 1.74. The molecule has 0 bridgehead atoms. The molecule has 2 rings (SSSR count). The maximum absolute atomic E-state index is 4.16. The molecule has 16 heavy (non-hydrogen) atoms. The Kier molecular flexibility index (Phi) is 4.09. The average molecular weight is 329 g/mol. The highest BCUT2D eigenvalue weighted by atomic mass is 127. The van der Waals surface area contributed by atoms with E-state index in [1.54, 1.807) is 18.7 Å². The summed E-state index contributed by atoms with van der Waals surface area (Å²) in [7, 11) is 0. The highest BCUT2D eigenvalue weighted by Gasteiger charge is 1.98. The molecule has 5 nitrogen and oxygen atoms in total. The SMILES string of the molecule is Ic1cncnc1NCCCn1ccnc1. The molecule has 6 heteroatoms. The molecule has 0 saturated carbocycles. The van der Waals surface area contributed by atoms with Crippen LogP contribution in [-0.2, 0) is 6.54 Å². The molecule has 1 N–H and O–H groups in total. The van der Waals surface area contributed by atoms with Gasteiger partial charge >= 0.3 is 0 Å². The summed E-state index contributed by atoms with van der Waals surface area (Å²) in [6.07, 6.45) is 9.98. The lowest BCUT2D eigenvalue weighted by Crippen LogP contribution is -2.08. The van der Waals surface area contributed by atoms with Crippen molar-refractivity contribution in [3.8, 4) is 0 Å². The second-order valence-electron chi connectivity index (χ2n) is 3.30. The Hall–Kier alpha value is -1.18. The standard InChI is InChI=1S/C10H12IN5/c11-9-6-13-7-15-10(9)14-2-1-4-16-5-3-12-8-16/h3,5-8H,1-2,4H2,(H,13,14,15). The lowest BCUT2D eigenvalue weighted by Gasteiger charge is -2.06. The number of nitrogens with one attached hydrogen (secondary N) is 1. The monoisotopic (exact) mass is 329 g/mol. The lowest BCUT2D eigenvalue weighted by atomic mass is 10.4. The van der Waals surface area contributed by atoms with Crippen LogP contribution in [0.4, 0.5) is 5.82 Å². The van der Waals surface area contributed by atoms with Crippen molar-refractivity contribution in [1.29, 1.82) is 0 Å². The van der Waals surface area contributed by atoms with Crippen LogP contribution in [0.2, 0.25) is 0 Å². The summed E-state index contributed by atoms with van der Waals surface area (Å²) in [5.74, 6) is 0.904. The van der Waals surface area contributed by atoms with Gasteiger partial charge in [-0.3, -0.25) is 0 Å². The normalized spacial score (nSPS) is 10.3. The van der Waals surface area contributed by atoms with Crippen LogP contribution < -0.4 is 5.32 Å². The Bertz CT molecular complexity index is 429. The van der Waals surface area contributed by atoms with Gasteiger partial charge in [0.25, 0.3) is 0 Å². The van der Waals surface area contributed by atoms with E-state index in [1.807, 2.05) is 12.5 Å². The zero-order valence-electron chi connectivity index (χ0n) is 8.67. The summed E-state index contributed by atoms with van der Waals surface area (Å²) < 4.78 is 3.11. The molecule has 2 aromatic rings. The molecule has 0 saturated heterocycles. The van der Waals surface area contributed by atoms with E-state index in [0.29, 0.717) is 0 Å². The van der Waals surface area contributed by atoms with Crippen molar-refractivity contribution in [1.82, 2.24) is 19.5 Å². The molecule has 84 valence electrons. The number of halogens is 1. The van der Waals surface area contributed by atoms with Gasteiger partial charge in [0, 0.05) is 31.7 Å². The third-order valence-corrected chi connectivity index (χ3v) is 2.90. The van der Waals surface area contributed by atoms with Gasteiger partial charge in [0.05, 0.1) is 9.90 Å². The van der Waals surface area contributed by atoms with E-state index >= 15 is 0 Å². The van der Waals surface area contributed by atoms with Crippen molar-refractivity contribution < 1.29 is 0 Å². The summed E-state index contributed by atoms with van der Waals surface area (Å²) in [5, 5.41) is 3.28. The van der Waals surface area contributed by atoms with Gasteiger partial charge in [-0.15, -0.1) is 0 Å². The van der Waals surface area contributed by atoms with Gasteiger partial charge in [-0.05, 0) is 29.0 Å². The second kappa shape index (κ2) is 5.78. The van der Waals surface area contributed by atoms with Crippen LogP contribution in [0.3, 0.4) is 0 Å². The van der Waals surface area contributed by atoms with Crippen molar-refractivity contribution in [3.63, 3.8) is 0 Å². The molecule has 2 aromatic heterocycles. The first-order chi connectivity index (χ1) is 7.86. The number of rotatable bonds is 5. The third kappa shape index (κ3) is 3.16. The zero-order valence-corrected chi connectivity index (χ0v) is 10.8. The molecule has 0 aliphatic carbocycles. The van der Waals surface area contributed by atoms with Gasteiger partial charge in [-0.1, -0.05) is 0 Å². The van der Waals surface area contributed by atoms with E-state index in [9.17, 15) is 0 Å². The second-order valence-corrected chi connectivity index (χ2v) is 4.46. The van der Waals surface area contributed by atoms with Crippen LogP contribution in [0.25, 0.3) is 0 Å². The first kappa shape index (κ1) is 11.3. The molecule has 0 unspecified atom stereocenters. The van der Waals surface area contributed by atoms with Crippen LogP contribution in [-0.4, -0.2) is 26.1 Å². The molecule has 0 fully saturated rings. The van der Waals surface area contributed by atoms with Crippen LogP contribution in [0.1, 0.15) is 6.42 Å². The molecule has 0 aliphatic rings. The van der Waals surface area contributed by atoms with E-state index < -0.39 is 0 Å². The van der Waals surface area contributed by atoms with E-state index in [-0.39, 0.29) is 0 Å². The van der Waals surface area contributed by atoms with E-state index in [2.05, 4.69) is 47.4 Å². The molecule has 0 amide bonds. The number of imidazole rings is 1. The molecule has 0 spiro atoms. The van der Waals surface area contributed by atoms with Gasteiger partial charge in [-0.2, -0.15) is 0 Å². The smallest absolute Gasteiger partial charge is 0.142 e. The number of aryl methyl sites for hydroxylation is 1. The Morgan fingerprint density at radius 3 is 3.06 bits per heavy atom. The predicted octanol–water partition coefficient (Wildman–Crippen LogP) is 1.78. The minimum Gasteiger partial charge on any atom is -0.369 e. The topological polar surface area (TPSA) is 55.6 Å². The van der Waals surface area contributed by atoms with E-state index in [4.69, 9.17) is 0 Å². The van der Waals surface area contributed by atoms with E-state index in [0.717, 1.165) is 28.9 Å². The number of hydrogen-bond acceptors (Lipinski definition) is 4. The van der Waals surface area contributed by atoms with Crippen molar-refractivity contribution >= 4 is 28.4 Å². The van der Waals surface area contributed by atoms with Gasteiger partial charge in [0.2, 0.25) is 0 Å². The Morgan fingerprint density at radius 1 is 1.38 bits per heavy atom. The highest BCUT2D eigenvalue weighted by molar-refractivity contribution is 14.1. The first-order valence-electron chi connectivity index (χ1n) is 5.01.